The number of carbonyl (C=O) groups is 6. The van der Waals surface area contributed by atoms with Crippen molar-refractivity contribution in [1.29, 1.82) is 0 Å². The molecule has 0 heterocycles. The SMILES string of the molecule is CC(NC(=O)C(CC(=O)O)NC(=O)C(N)CCC(N)=O)C(=O)NC(C(=O)O)C(C)O. The molecule has 0 aromatic rings. The van der Waals surface area contributed by atoms with Crippen molar-refractivity contribution in [3.05, 3.63) is 0 Å². The van der Waals surface area contributed by atoms with Gasteiger partial charge in [-0.3, -0.25) is 24.0 Å². The normalized spacial score (nSPS) is 15.6. The highest BCUT2D eigenvalue weighted by atomic mass is 16.4. The maximum atomic E-state index is 12.3. The lowest BCUT2D eigenvalue weighted by Crippen LogP contribution is -2.57. The highest BCUT2D eigenvalue weighted by molar-refractivity contribution is 5.95. The number of hydrogen-bond acceptors (Lipinski definition) is 8. The van der Waals surface area contributed by atoms with Crippen molar-refractivity contribution in [2.24, 2.45) is 11.5 Å². The summed E-state index contributed by atoms with van der Waals surface area (Å²) in [5.74, 6) is -6.55. The predicted molar refractivity (Wildman–Crippen MR) is 99.4 cm³/mol. The van der Waals surface area contributed by atoms with Crippen LogP contribution < -0.4 is 27.4 Å². The Morgan fingerprint density at radius 1 is 0.900 bits per heavy atom. The molecule has 10 N–H and O–H groups in total. The number of rotatable bonds is 13. The summed E-state index contributed by atoms with van der Waals surface area (Å²) in [6.45, 7) is 2.33. The number of aliphatic hydroxyl groups excluding tert-OH is 1. The summed E-state index contributed by atoms with van der Waals surface area (Å²) >= 11 is 0. The Labute approximate surface area is 171 Å². The maximum Gasteiger partial charge on any atom is 0.328 e. The summed E-state index contributed by atoms with van der Waals surface area (Å²) in [5, 5.41) is 33.6. The number of carbonyl (C=O) groups excluding carboxylic acids is 4. The topological polar surface area (TPSA) is 251 Å². The van der Waals surface area contributed by atoms with Gasteiger partial charge in [-0.1, -0.05) is 0 Å². The molecule has 0 aliphatic carbocycles. The van der Waals surface area contributed by atoms with Crippen LogP contribution in [0.2, 0.25) is 0 Å². The number of hydrogen-bond donors (Lipinski definition) is 8. The number of nitrogens with two attached hydrogens (primary N) is 2. The maximum absolute atomic E-state index is 12.3. The van der Waals surface area contributed by atoms with E-state index in [9.17, 15) is 33.9 Å². The van der Waals surface area contributed by atoms with Gasteiger partial charge >= 0.3 is 11.9 Å². The molecule has 170 valence electrons. The molecule has 4 amide bonds. The Morgan fingerprint density at radius 3 is 1.90 bits per heavy atom. The molecular weight excluding hydrogens is 406 g/mol. The second kappa shape index (κ2) is 12.3. The van der Waals surface area contributed by atoms with Crippen molar-refractivity contribution >= 4 is 35.6 Å². The molecule has 0 aromatic heterocycles. The van der Waals surface area contributed by atoms with E-state index in [1.165, 1.54) is 6.92 Å². The molecule has 0 aliphatic heterocycles. The number of aliphatic hydroxyl groups is 1. The van der Waals surface area contributed by atoms with Crippen LogP contribution in [0, 0.1) is 0 Å². The van der Waals surface area contributed by atoms with E-state index in [-0.39, 0.29) is 12.8 Å². The van der Waals surface area contributed by atoms with Gasteiger partial charge in [-0.25, -0.2) is 4.79 Å². The molecule has 0 saturated carbocycles. The van der Waals surface area contributed by atoms with Crippen molar-refractivity contribution in [3.63, 3.8) is 0 Å². The molecule has 14 nitrogen and oxygen atoms in total. The van der Waals surface area contributed by atoms with Gasteiger partial charge in [-0.05, 0) is 20.3 Å². The lowest BCUT2D eigenvalue weighted by atomic mass is 10.1. The number of primary amides is 1. The Morgan fingerprint density at radius 2 is 1.47 bits per heavy atom. The zero-order chi connectivity index (χ0) is 23.6. The number of amides is 4. The van der Waals surface area contributed by atoms with Crippen LogP contribution in [0.3, 0.4) is 0 Å². The van der Waals surface area contributed by atoms with Crippen molar-refractivity contribution in [3.8, 4) is 0 Å². The first-order chi connectivity index (χ1) is 13.8. The van der Waals surface area contributed by atoms with E-state index in [1.807, 2.05) is 5.32 Å². The average molecular weight is 433 g/mol. The summed E-state index contributed by atoms with van der Waals surface area (Å²) < 4.78 is 0. The van der Waals surface area contributed by atoms with Gasteiger partial charge in [-0.15, -0.1) is 0 Å². The second-order valence-electron chi connectivity index (χ2n) is 6.57. The minimum absolute atomic E-state index is 0.128. The quantitative estimate of drug-likeness (QED) is 0.140. The monoisotopic (exact) mass is 433 g/mol. The molecule has 30 heavy (non-hydrogen) atoms. The zero-order valence-corrected chi connectivity index (χ0v) is 16.5. The van der Waals surface area contributed by atoms with E-state index in [0.717, 1.165) is 6.92 Å². The van der Waals surface area contributed by atoms with Gasteiger partial charge in [0.05, 0.1) is 18.6 Å². The highest BCUT2D eigenvalue weighted by Gasteiger charge is 2.31. The second-order valence-corrected chi connectivity index (χ2v) is 6.57. The first kappa shape index (κ1) is 26.7. The lowest BCUT2D eigenvalue weighted by molar-refractivity contribution is -0.145. The van der Waals surface area contributed by atoms with E-state index < -0.39 is 72.3 Å². The van der Waals surface area contributed by atoms with Crippen LogP contribution in [-0.2, 0) is 28.8 Å². The van der Waals surface area contributed by atoms with Crippen molar-refractivity contribution in [1.82, 2.24) is 16.0 Å². The first-order valence-electron chi connectivity index (χ1n) is 8.83. The van der Waals surface area contributed by atoms with Crippen molar-refractivity contribution in [2.45, 2.75) is 63.4 Å². The molecule has 0 saturated heterocycles. The smallest absolute Gasteiger partial charge is 0.328 e. The third-order valence-corrected chi connectivity index (χ3v) is 3.85. The fourth-order valence-electron chi connectivity index (χ4n) is 2.14. The van der Waals surface area contributed by atoms with Gasteiger partial charge in [0.2, 0.25) is 23.6 Å². The molecule has 0 rings (SSSR count). The van der Waals surface area contributed by atoms with Crippen LogP contribution in [0.4, 0.5) is 0 Å². The molecule has 0 spiro atoms. The molecule has 0 radical (unpaired) electrons. The Hall–Kier alpha value is -3.26. The van der Waals surface area contributed by atoms with E-state index in [0.29, 0.717) is 0 Å². The van der Waals surface area contributed by atoms with Gasteiger partial charge < -0.3 is 42.7 Å². The number of carboxylic acids is 2. The first-order valence-corrected chi connectivity index (χ1v) is 8.83. The molecule has 5 atom stereocenters. The molecular formula is C16H27N5O9. The van der Waals surface area contributed by atoms with Crippen LogP contribution in [-0.4, -0.2) is 81.2 Å². The van der Waals surface area contributed by atoms with Gasteiger partial charge in [0.15, 0.2) is 6.04 Å². The Kier molecular flexibility index (Phi) is 11.0. The fraction of sp³-hybridized carbons (Fsp3) is 0.625. The van der Waals surface area contributed by atoms with E-state index in [1.54, 1.807) is 0 Å². The van der Waals surface area contributed by atoms with Gasteiger partial charge in [0.1, 0.15) is 12.1 Å². The predicted octanol–water partition coefficient (Wildman–Crippen LogP) is -4.01. The molecule has 0 fully saturated rings. The minimum atomic E-state index is -1.63. The number of aliphatic carboxylic acids is 2. The van der Waals surface area contributed by atoms with Gasteiger partial charge in [-0.2, -0.15) is 0 Å². The third kappa shape index (κ3) is 9.79. The zero-order valence-electron chi connectivity index (χ0n) is 16.5. The van der Waals surface area contributed by atoms with Crippen LogP contribution in [0.15, 0.2) is 0 Å². The third-order valence-electron chi connectivity index (χ3n) is 3.85. The molecule has 5 unspecified atom stereocenters. The average Bonchev–Trinajstić information content (AvgIpc) is 2.61. The van der Waals surface area contributed by atoms with Gasteiger partial charge in [0.25, 0.3) is 0 Å². The largest absolute Gasteiger partial charge is 0.481 e. The van der Waals surface area contributed by atoms with E-state index >= 15 is 0 Å². The highest BCUT2D eigenvalue weighted by Crippen LogP contribution is 2.00. The summed E-state index contributed by atoms with van der Waals surface area (Å²) in [6, 6.07) is -5.79. The number of nitrogens with one attached hydrogen (secondary N) is 3. The van der Waals surface area contributed by atoms with Gasteiger partial charge in [0, 0.05) is 6.42 Å². The van der Waals surface area contributed by atoms with Crippen molar-refractivity contribution in [2.75, 3.05) is 0 Å². The molecule has 0 aliphatic rings. The molecule has 0 bridgehead atoms. The van der Waals surface area contributed by atoms with Crippen LogP contribution >= 0.6 is 0 Å². The molecule has 0 aromatic carbocycles. The van der Waals surface area contributed by atoms with Crippen molar-refractivity contribution < 1.29 is 44.1 Å². The summed E-state index contributed by atoms with van der Waals surface area (Å²) in [6.07, 6.45) is -2.58. The van der Waals surface area contributed by atoms with Crippen LogP contribution in [0.5, 0.6) is 0 Å². The van der Waals surface area contributed by atoms with Crippen LogP contribution in [0.1, 0.15) is 33.1 Å². The van der Waals surface area contributed by atoms with E-state index in [4.69, 9.17) is 21.7 Å². The summed E-state index contributed by atoms with van der Waals surface area (Å²) in [5.41, 5.74) is 10.5. The minimum Gasteiger partial charge on any atom is -0.481 e. The standard InChI is InChI=1S/C16H27N5O9/c1-6(13(26)21-12(7(2)22)16(29)30)19-15(28)9(5-11(24)25)20-14(27)8(17)3-4-10(18)23/h6-9,12,22H,3-5,17H2,1-2H3,(H2,18,23)(H,19,28)(H,20,27)(H,21,26)(H,24,25)(H,29,30). The lowest BCUT2D eigenvalue weighted by Gasteiger charge is -2.23. The Bertz CT molecular complexity index is 682. The van der Waals surface area contributed by atoms with E-state index in [2.05, 4.69) is 10.6 Å². The summed E-state index contributed by atoms with van der Waals surface area (Å²) in [4.78, 5) is 69.2. The molecule has 14 heteroatoms. The summed E-state index contributed by atoms with van der Waals surface area (Å²) in [7, 11) is 0. The van der Waals surface area contributed by atoms with Crippen LogP contribution in [0.25, 0.3) is 0 Å². The number of carboxylic acid groups (broad SMARTS) is 2. The Balaban J connectivity index is 5.07. The fourth-order valence-corrected chi connectivity index (χ4v) is 2.14.